The Balaban J connectivity index is 2.03. The highest BCUT2D eigenvalue weighted by molar-refractivity contribution is 5.76. The molecule has 1 amide bonds. The molecule has 1 aromatic carbocycles. The molecule has 0 atom stereocenters. The van der Waals surface area contributed by atoms with E-state index in [9.17, 15) is 4.79 Å². The summed E-state index contributed by atoms with van der Waals surface area (Å²) >= 11 is 0. The van der Waals surface area contributed by atoms with Gasteiger partial charge in [0, 0.05) is 31.9 Å². The first-order valence-corrected chi connectivity index (χ1v) is 6.40. The number of primary amides is 1. The number of aryl methyl sites for hydroxylation is 2. The van der Waals surface area contributed by atoms with Gasteiger partial charge in [-0.15, -0.1) is 0 Å². The van der Waals surface area contributed by atoms with Crippen LogP contribution < -0.4 is 10.6 Å². The number of carbonyl (C=O) groups excluding carboxylic acids is 1. The third-order valence-electron chi connectivity index (χ3n) is 3.51. The first kappa shape index (κ1) is 12.9. The summed E-state index contributed by atoms with van der Waals surface area (Å²) in [7, 11) is 0. The van der Waals surface area contributed by atoms with Crippen LogP contribution in [0, 0.1) is 13.8 Å². The topological polar surface area (TPSA) is 49.6 Å². The number of nitrogens with two attached hydrogens (primary N) is 1. The third kappa shape index (κ3) is 2.82. The van der Waals surface area contributed by atoms with Gasteiger partial charge in [-0.3, -0.25) is 9.69 Å². The van der Waals surface area contributed by atoms with Gasteiger partial charge >= 0.3 is 0 Å². The lowest BCUT2D eigenvalue weighted by Crippen LogP contribution is -2.49. The van der Waals surface area contributed by atoms with Crippen LogP contribution >= 0.6 is 0 Å². The highest BCUT2D eigenvalue weighted by Crippen LogP contribution is 2.25. The van der Waals surface area contributed by atoms with Crippen LogP contribution in [-0.4, -0.2) is 43.5 Å². The van der Waals surface area contributed by atoms with E-state index in [1.54, 1.807) is 0 Å². The first-order chi connectivity index (χ1) is 8.58. The Morgan fingerprint density at radius 3 is 2.22 bits per heavy atom. The minimum absolute atomic E-state index is 0.240. The van der Waals surface area contributed by atoms with Gasteiger partial charge in [0.1, 0.15) is 0 Å². The van der Waals surface area contributed by atoms with Crippen LogP contribution in [0.2, 0.25) is 0 Å². The number of rotatable bonds is 3. The quantitative estimate of drug-likeness (QED) is 0.864. The molecule has 2 N–H and O–H groups in total. The van der Waals surface area contributed by atoms with Crippen molar-refractivity contribution >= 4 is 11.6 Å². The van der Waals surface area contributed by atoms with E-state index in [1.807, 2.05) is 0 Å². The molecule has 4 nitrogen and oxygen atoms in total. The minimum atomic E-state index is -0.240. The second kappa shape index (κ2) is 5.40. The van der Waals surface area contributed by atoms with Gasteiger partial charge in [-0.2, -0.15) is 0 Å². The van der Waals surface area contributed by atoms with E-state index in [2.05, 4.69) is 41.8 Å². The molecular formula is C14H21N3O. The fourth-order valence-electron chi connectivity index (χ4n) is 2.65. The van der Waals surface area contributed by atoms with Crippen molar-refractivity contribution in [3.8, 4) is 0 Å². The molecule has 0 aliphatic carbocycles. The van der Waals surface area contributed by atoms with E-state index in [0.29, 0.717) is 6.54 Å². The number of anilines is 1. The number of benzene rings is 1. The summed E-state index contributed by atoms with van der Waals surface area (Å²) in [5, 5.41) is 0. The molecule has 2 rings (SSSR count). The lowest BCUT2D eigenvalue weighted by atomic mass is 10.1. The molecule has 0 aromatic heterocycles. The lowest BCUT2D eigenvalue weighted by Gasteiger charge is -2.37. The maximum absolute atomic E-state index is 10.9. The molecule has 1 saturated heterocycles. The van der Waals surface area contributed by atoms with Gasteiger partial charge in [0.25, 0.3) is 0 Å². The summed E-state index contributed by atoms with van der Waals surface area (Å²) < 4.78 is 0. The molecule has 1 fully saturated rings. The maximum Gasteiger partial charge on any atom is 0.231 e. The van der Waals surface area contributed by atoms with Gasteiger partial charge in [0.15, 0.2) is 0 Å². The van der Waals surface area contributed by atoms with Crippen molar-refractivity contribution in [3.05, 3.63) is 29.3 Å². The van der Waals surface area contributed by atoms with Crippen LogP contribution in [0.4, 0.5) is 5.69 Å². The van der Waals surface area contributed by atoms with Crippen LogP contribution in [0.3, 0.4) is 0 Å². The molecule has 98 valence electrons. The fourth-order valence-corrected chi connectivity index (χ4v) is 2.65. The Morgan fingerprint density at radius 2 is 1.72 bits per heavy atom. The summed E-state index contributed by atoms with van der Waals surface area (Å²) in [5.74, 6) is -0.240. The Hall–Kier alpha value is -1.55. The lowest BCUT2D eigenvalue weighted by molar-refractivity contribution is -0.119. The van der Waals surface area contributed by atoms with Crippen molar-refractivity contribution in [2.75, 3.05) is 37.6 Å². The normalized spacial score (nSPS) is 16.9. The number of carbonyl (C=O) groups is 1. The Bertz CT molecular complexity index is 416. The van der Waals surface area contributed by atoms with Crippen LogP contribution in [0.25, 0.3) is 0 Å². The molecule has 1 aliphatic heterocycles. The molecule has 18 heavy (non-hydrogen) atoms. The molecule has 0 bridgehead atoms. The van der Waals surface area contributed by atoms with Crippen molar-refractivity contribution in [3.63, 3.8) is 0 Å². The van der Waals surface area contributed by atoms with Crippen LogP contribution in [0.5, 0.6) is 0 Å². The van der Waals surface area contributed by atoms with Gasteiger partial charge in [0.2, 0.25) is 5.91 Å². The monoisotopic (exact) mass is 247 g/mol. The maximum atomic E-state index is 10.9. The molecule has 1 aromatic rings. The van der Waals surface area contributed by atoms with E-state index in [1.165, 1.54) is 16.8 Å². The van der Waals surface area contributed by atoms with E-state index in [-0.39, 0.29) is 5.91 Å². The molecule has 1 heterocycles. The SMILES string of the molecule is Cc1cccc(C)c1N1CCN(CC(N)=O)CC1. The van der Waals surface area contributed by atoms with Crippen LogP contribution in [0.1, 0.15) is 11.1 Å². The zero-order valence-corrected chi connectivity index (χ0v) is 11.1. The van der Waals surface area contributed by atoms with Crippen LogP contribution in [0.15, 0.2) is 18.2 Å². The zero-order chi connectivity index (χ0) is 13.1. The largest absolute Gasteiger partial charge is 0.369 e. The van der Waals surface area contributed by atoms with Gasteiger partial charge in [-0.25, -0.2) is 0 Å². The molecule has 0 radical (unpaired) electrons. The highest BCUT2D eigenvalue weighted by Gasteiger charge is 2.20. The molecule has 0 saturated carbocycles. The first-order valence-electron chi connectivity index (χ1n) is 6.40. The molecular weight excluding hydrogens is 226 g/mol. The summed E-state index contributed by atoms with van der Waals surface area (Å²) in [4.78, 5) is 15.4. The summed E-state index contributed by atoms with van der Waals surface area (Å²) in [6, 6.07) is 6.40. The molecule has 1 aliphatic rings. The second-order valence-corrected chi connectivity index (χ2v) is 4.97. The van der Waals surface area contributed by atoms with Crippen LogP contribution in [-0.2, 0) is 4.79 Å². The van der Waals surface area contributed by atoms with Gasteiger partial charge in [-0.1, -0.05) is 18.2 Å². The number of hydrogen-bond acceptors (Lipinski definition) is 3. The predicted octanol–water partition coefficient (Wildman–Crippen LogP) is 0.911. The van der Waals surface area contributed by atoms with Crippen molar-refractivity contribution in [2.45, 2.75) is 13.8 Å². The van der Waals surface area contributed by atoms with Crippen molar-refractivity contribution in [1.29, 1.82) is 0 Å². The minimum Gasteiger partial charge on any atom is -0.369 e. The van der Waals surface area contributed by atoms with Crippen molar-refractivity contribution in [1.82, 2.24) is 4.90 Å². The number of nitrogens with zero attached hydrogens (tertiary/aromatic N) is 2. The fraction of sp³-hybridized carbons (Fsp3) is 0.500. The third-order valence-corrected chi connectivity index (χ3v) is 3.51. The van der Waals surface area contributed by atoms with E-state index >= 15 is 0 Å². The van der Waals surface area contributed by atoms with E-state index in [0.717, 1.165) is 26.2 Å². The standard InChI is InChI=1S/C14H21N3O/c1-11-4-3-5-12(2)14(11)17-8-6-16(7-9-17)10-13(15)18/h3-5H,6-10H2,1-2H3,(H2,15,18). The van der Waals surface area contributed by atoms with E-state index in [4.69, 9.17) is 5.73 Å². The molecule has 0 unspecified atom stereocenters. The Labute approximate surface area is 108 Å². The number of piperazine rings is 1. The number of amides is 1. The highest BCUT2D eigenvalue weighted by atomic mass is 16.1. The summed E-state index contributed by atoms with van der Waals surface area (Å²) in [5.41, 5.74) is 9.20. The number of para-hydroxylation sites is 1. The Kier molecular flexibility index (Phi) is 3.87. The van der Waals surface area contributed by atoms with Crippen molar-refractivity contribution in [2.24, 2.45) is 5.73 Å². The van der Waals surface area contributed by atoms with Gasteiger partial charge in [0.05, 0.1) is 6.54 Å². The predicted molar refractivity (Wildman–Crippen MR) is 73.8 cm³/mol. The molecule has 0 spiro atoms. The van der Waals surface area contributed by atoms with E-state index < -0.39 is 0 Å². The smallest absolute Gasteiger partial charge is 0.231 e. The van der Waals surface area contributed by atoms with Gasteiger partial charge < -0.3 is 10.6 Å². The Morgan fingerprint density at radius 1 is 1.17 bits per heavy atom. The summed E-state index contributed by atoms with van der Waals surface area (Å²) in [6.07, 6.45) is 0. The number of hydrogen-bond donors (Lipinski definition) is 1. The van der Waals surface area contributed by atoms with Crippen molar-refractivity contribution < 1.29 is 4.79 Å². The second-order valence-electron chi connectivity index (χ2n) is 4.97. The van der Waals surface area contributed by atoms with Gasteiger partial charge in [-0.05, 0) is 25.0 Å². The molecule has 4 heteroatoms. The average Bonchev–Trinajstić information content (AvgIpc) is 2.30. The average molecular weight is 247 g/mol. The zero-order valence-electron chi connectivity index (χ0n) is 11.1. The summed E-state index contributed by atoms with van der Waals surface area (Å²) in [6.45, 7) is 8.39.